The Morgan fingerprint density at radius 3 is 2.78 bits per heavy atom. The van der Waals surface area contributed by atoms with Gasteiger partial charge < -0.3 is 10.6 Å². The molecule has 1 aromatic heterocycles. The van der Waals surface area contributed by atoms with Gasteiger partial charge in [-0.1, -0.05) is 41.9 Å². The minimum atomic E-state index is -0.237. The number of nitrogens with one attached hydrogen (secondary N) is 2. The van der Waals surface area contributed by atoms with E-state index in [9.17, 15) is 9.59 Å². The van der Waals surface area contributed by atoms with Crippen molar-refractivity contribution in [3.8, 4) is 0 Å². The van der Waals surface area contributed by atoms with Gasteiger partial charge in [0.05, 0.1) is 12.1 Å². The molecular formula is C17H16ClN3O2. The highest BCUT2D eigenvalue weighted by Gasteiger charge is 2.31. The molecule has 1 aliphatic rings. The van der Waals surface area contributed by atoms with Crippen molar-refractivity contribution in [2.75, 3.05) is 0 Å². The van der Waals surface area contributed by atoms with Gasteiger partial charge in [0.25, 0.3) is 5.91 Å². The van der Waals surface area contributed by atoms with Crippen LogP contribution >= 0.6 is 11.6 Å². The number of carbonyl (C=O) groups excluding carboxylic acids is 2. The van der Waals surface area contributed by atoms with Gasteiger partial charge >= 0.3 is 0 Å². The monoisotopic (exact) mass is 329 g/mol. The van der Waals surface area contributed by atoms with Crippen LogP contribution in [-0.2, 0) is 4.79 Å². The molecule has 1 aliphatic heterocycles. The molecule has 0 bridgehead atoms. The third-order valence-electron chi connectivity index (χ3n) is 3.87. The largest absolute Gasteiger partial charge is 0.347 e. The van der Waals surface area contributed by atoms with E-state index in [1.54, 1.807) is 6.07 Å². The first-order chi connectivity index (χ1) is 11.1. The molecule has 1 saturated heterocycles. The fourth-order valence-corrected chi connectivity index (χ4v) is 2.90. The minimum absolute atomic E-state index is 0.00342. The van der Waals surface area contributed by atoms with Gasteiger partial charge in [0, 0.05) is 18.2 Å². The molecule has 2 N–H and O–H groups in total. The van der Waals surface area contributed by atoms with E-state index in [0.717, 1.165) is 5.56 Å². The molecule has 118 valence electrons. The van der Waals surface area contributed by atoms with Gasteiger partial charge in [0.2, 0.25) is 5.91 Å². The summed E-state index contributed by atoms with van der Waals surface area (Å²) in [6.07, 6.45) is 2.48. The van der Waals surface area contributed by atoms with E-state index in [-0.39, 0.29) is 29.1 Å². The second-order valence-electron chi connectivity index (χ2n) is 5.44. The zero-order chi connectivity index (χ0) is 16.2. The van der Waals surface area contributed by atoms with Crippen LogP contribution < -0.4 is 10.6 Å². The van der Waals surface area contributed by atoms with Crippen molar-refractivity contribution in [2.45, 2.75) is 24.9 Å². The summed E-state index contributed by atoms with van der Waals surface area (Å²) in [7, 11) is 0. The number of hydrogen-bond acceptors (Lipinski definition) is 3. The second-order valence-corrected chi connectivity index (χ2v) is 5.83. The van der Waals surface area contributed by atoms with Crippen LogP contribution in [0.25, 0.3) is 0 Å². The van der Waals surface area contributed by atoms with Gasteiger partial charge in [0.1, 0.15) is 5.15 Å². The highest BCUT2D eigenvalue weighted by molar-refractivity contribution is 6.29. The molecule has 1 aromatic carbocycles. The Labute approximate surface area is 139 Å². The van der Waals surface area contributed by atoms with Crippen LogP contribution in [0.1, 0.15) is 34.8 Å². The summed E-state index contributed by atoms with van der Waals surface area (Å²) >= 11 is 5.83. The van der Waals surface area contributed by atoms with Crippen molar-refractivity contribution >= 4 is 23.4 Å². The second kappa shape index (κ2) is 6.79. The maximum Gasteiger partial charge on any atom is 0.251 e. The Kier molecular flexibility index (Phi) is 4.57. The molecule has 0 unspecified atom stereocenters. The van der Waals surface area contributed by atoms with Crippen molar-refractivity contribution in [3.05, 3.63) is 64.9 Å². The SMILES string of the molecule is O=C1CC[C@@H](NC(=O)c2ccnc(Cl)c2)[C@H](c2ccccc2)N1. The third-order valence-corrected chi connectivity index (χ3v) is 4.07. The Bertz CT molecular complexity index is 721. The Hall–Kier alpha value is -2.40. The van der Waals surface area contributed by atoms with Crippen LogP contribution in [0.4, 0.5) is 0 Å². The van der Waals surface area contributed by atoms with Crippen LogP contribution in [0.15, 0.2) is 48.7 Å². The molecule has 0 saturated carbocycles. The summed E-state index contributed by atoms with van der Waals surface area (Å²) in [4.78, 5) is 28.0. The normalized spacial score (nSPS) is 20.7. The smallest absolute Gasteiger partial charge is 0.251 e. The molecule has 3 rings (SSSR count). The lowest BCUT2D eigenvalue weighted by Crippen LogP contribution is -2.50. The van der Waals surface area contributed by atoms with Crippen LogP contribution in [0.2, 0.25) is 5.15 Å². The van der Waals surface area contributed by atoms with Crippen molar-refractivity contribution in [3.63, 3.8) is 0 Å². The Morgan fingerprint density at radius 2 is 2.04 bits per heavy atom. The summed E-state index contributed by atoms with van der Waals surface area (Å²) in [6.45, 7) is 0. The summed E-state index contributed by atoms with van der Waals surface area (Å²) in [5.74, 6) is -0.229. The summed E-state index contributed by atoms with van der Waals surface area (Å²) in [5, 5.41) is 6.22. The number of amides is 2. The quantitative estimate of drug-likeness (QED) is 0.850. The topological polar surface area (TPSA) is 71.1 Å². The van der Waals surface area contributed by atoms with Crippen molar-refractivity contribution < 1.29 is 9.59 Å². The number of pyridine rings is 1. The standard InChI is InChI=1S/C17H16ClN3O2/c18-14-10-12(8-9-19-14)17(23)20-13-6-7-15(22)21-16(13)11-4-2-1-3-5-11/h1-5,8-10,13,16H,6-7H2,(H,20,23)(H,21,22)/t13-,16+/m1/s1. The first-order valence-electron chi connectivity index (χ1n) is 7.40. The van der Waals surface area contributed by atoms with Crippen LogP contribution in [0, 0.1) is 0 Å². The fourth-order valence-electron chi connectivity index (χ4n) is 2.73. The Balaban J connectivity index is 1.79. The van der Waals surface area contributed by atoms with E-state index in [1.165, 1.54) is 12.3 Å². The minimum Gasteiger partial charge on any atom is -0.347 e. The Morgan fingerprint density at radius 1 is 1.26 bits per heavy atom. The lowest BCUT2D eigenvalue weighted by atomic mass is 9.91. The predicted octanol–water partition coefficient (Wildman–Crippen LogP) is 2.48. The number of rotatable bonds is 3. The number of nitrogens with zero attached hydrogens (tertiary/aromatic N) is 1. The lowest BCUT2D eigenvalue weighted by molar-refractivity contribution is -0.123. The number of aromatic nitrogens is 1. The van der Waals surface area contributed by atoms with Gasteiger partial charge in [0.15, 0.2) is 0 Å². The van der Waals surface area contributed by atoms with Crippen LogP contribution in [-0.4, -0.2) is 22.8 Å². The molecule has 2 atom stereocenters. The van der Waals surface area contributed by atoms with Crippen molar-refractivity contribution in [2.24, 2.45) is 0 Å². The van der Waals surface area contributed by atoms with Crippen molar-refractivity contribution in [1.29, 1.82) is 0 Å². The maximum atomic E-state index is 12.4. The summed E-state index contributed by atoms with van der Waals surface area (Å²) < 4.78 is 0. The number of halogens is 1. The lowest BCUT2D eigenvalue weighted by Gasteiger charge is -2.33. The maximum absolute atomic E-state index is 12.4. The van der Waals surface area contributed by atoms with Crippen molar-refractivity contribution in [1.82, 2.24) is 15.6 Å². The summed E-state index contributed by atoms with van der Waals surface area (Å²) in [5.41, 5.74) is 1.42. The number of carbonyl (C=O) groups is 2. The van der Waals surface area contributed by atoms with Gasteiger partial charge in [-0.15, -0.1) is 0 Å². The molecule has 0 spiro atoms. The van der Waals surface area contributed by atoms with Gasteiger partial charge in [-0.25, -0.2) is 4.98 Å². The molecule has 6 heteroatoms. The molecular weight excluding hydrogens is 314 g/mol. The van der Waals surface area contributed by atoms with Gasteiger partial charge in [-0.2, -0.15) is 0 Å². The zero-order valence-electron chi connectivity index (χ0n) is 12.3. The molecule has 1 fully saturated rings. The highest BCUT2D eigenvalue weighted by Crippen LogP contribution is 2.24. The molecule has 5 nitrogen and oxygen atoms in total. The van der Waals surface area contributed by atoms with Crippen LogP contribution in [0.3, 0.4) is 0 Å². The molecule has 0 radical (unpaired) electrons. The average molecular weight is 330 g/mol. The van der Waals surface area contributed by atoms with E-state index in [4.69, 9.17) is 11.6 Å². The van der Waals surface area contributed by atoms with Gasteiger partial charge in [-0.05, 0) is 24.1 Å². The molecule has 0 aliphatic carbocycles. The molecule has 2 aromatic rings. The van der Waals surface area contributed by atoms with E-state index in [2.05, 4.69) is 15.6 Å². The highest BCUT2D eigenvalue weighted by atomic mass is 35.5. The average Bonchev–Trinajstić information content (AvgIpc) is 2.57. The van der Waals surface area contributed by atoms with Gasteiger partial charge in [-0.3, -0.25) is 9.59 Å². The van der Waals surface area contributed by atoms with Crippen LogP contribution in [0.5, 0.6) is 0 Å². The number of benzene rings is 1. The third kappa shape index (κ3) is 3.68. The molecule has 2 heterocycles. The first-order valence-corrected chi connectivity index (χ1v) is 7.78. The summed E-state index contributed by atoms with van der Waals surface area (Å²) in [6, 6.07) is 12.4. The number of piperidine rings is 1. The molecule has 2 amide bonds. The van der Waals surface area contributed by atoms with E-state index >= 15 is 0 Å². The van der Waals surface area contributed by atoms with E-state index < -0.39 is 0 Å². The van der Waals surface area contributed by atoms with E-state index in [0.29, 0.717) is 18.4 Å². The number of hydrogen-bond donors (Lipinski definition) is 2. The first kappa shape index (κ1) is 15.5. The van der Waals surface area contributed by atoms with E-state index in [1.807, 2.05) is 30.3 Å². The molecule has 23 heavy (non-hydrogen) atoms. The zero-order valence-corrected chi connectivity index (χ0v) is 13.1. The predicted molar refractivity (Wildman–Crippen MR) is 87.1 cm³/mol. The fraction of sp³-hybridized carbons (Fsp3) is 0.235.